The first-order valence-corrected chi connectivity index (χ1v) is 15.1. The minimum absolute atomic E-state index is 0.261. The SMILES string of the molecule is CC(=O)OC(C)OC(=O)N(C)C(C(=O)O)C1CCCN(C(=O)c2ccc(NC(=O)c3ccccc3C)cc2C)c2ccc(Cl)cc21. The van der Waals surface area contributed by atoms with Crippen LogP contribution in [-0.2, 0) is 19.1 Å². The second-order valence-electron chi connectivity index (χ2n) is 11.2. The van der Waals surface area contributed by atoms with Gasteiger partial charge in [0.15, 0.2) is 0 Å². The Morgan fingerprint density at radius 3 is 2.35 bits per heavy atom. The second kappa shape index (κ2) is 14.5. The van der Waals surface area contributed by atoms with Crippen LogP contribution in [0.25, 0.3) is 0 Å². The van der Waals surface area contributed by atoms with E-state index in [0.717, 1.165) is 17.4 Å². The van der Waals surface area contributed by atoms with Crippen LogP contribution >= 0.6 is 11.6 Å². The summed E-state index contributed by atoms with van der Waals surface area (Å²) in [4.78, 5) is 66.2. The second-order valence-corrected chi connectivity index (χ2v) is 11.6. The quantitative estimate of drug-likeness (QED) is 0.218. The summed E-state index contributed by atoms with van der Waals surface area (Å²) in [5, 5.41) is 13.5. The van der Waals surface area contributed by atoms with Crippen LogP contribution in [0, 0.1) is 13.8 Å². The lowest BCUT2D eigenvalue weighted by Gasteiger charge is -2.32. The molecule has 3 unspecified atom stereocenters. The van der Waals surface area contributed by atoms with Crippen LogP contribution in [0.1, 0.15) is 70.0 Å². The number of aliphatic carboxylic acids is 1. The maximum Gasteiger partial charge on any atom is 0.413 e. The van der Waals surface area contributed by atoms with Crippen molar-refractivity contribution in [3.05, 3.63) is 93.5 Å². The number of carboxylic acid groups (broad SMARTS) is 1. The van der Waals surface area contributed by atoms with Crippen molar-refractivity contribution in [1.29, 1.82) is 0 Å². The Labute approximate surface area is 272 Å². The Kier molecular flexibility index (Phi) is 10.7. The summed E-state index contributed by atoms with van der Waals surface area (Å²) in [7, 11) is 1.29. The number of esters is 1. The van der Waals surface area contributed by atoms with Gasteiger partial charge in [-0.15, -0.1) is 0 Å². The van der Waals surface area contributed by atoms with E-state index in [1.54, 1.807) is 60.4 Å². The van der Waals surface area contributed by atoms with E-state index in [2.05, 4.69) is 5.32 Å². The van der Waals surface area contributed by atoms with Crippen LogP contribution in [0.3, 0.4) is 0 Å². The summed E-state index contributed by atoms with van der Waals surface area (Å²) >= 11 is 6.38. The zero-order valence-electron chi connectivity index (χ0n) is 26.2. The van der Waals surface area contributed by atoms with Gasteiger partial charge in [-0.25, -0.2) is 9.59 Å². The molecule has 0 saturated carbocycles. The van der Waals surface area contributed by atoms with Crippen molar-refractivity contribution in [3.63, 3.8) is 0 Å². The largest absolute Gasteiger partial charge is 0.480 e. The minimum atomic E-state index is -1.39. The van der Waals surface area contributed by atoms with Gasteiger partial charge in [-0.3, -0.25) is 19.3 Å². The number of benzene rings is 3. The van der Waals surface area contributed by atoms with Gasteiger partial charge in [0.1, 0.15) is 6.04 Å². The number of likely N-dealkylation sites (N-methyl/N-ethyl adjacent to an activating group) is 1. The molecule has 3 aromatic carbocycles. The molecule has 0 bridgehead atoms. The molecular formula is C34H36ClN3O8. The predicted octanol–water partition coefficient (Wildman–Crippen LogP) is 6.16. The molecule has 0 aliphatic carbocycles. The lowest BCUT2D eigenvalue weighted by molar-refractivity contribution is -0.164. The van der Waals surface area contributed by atoms with Gasteiger partial charge in [0.25, 0.3) is 11.8 Å². The number of hydrogen-bond donors (Lipinski definition) is 2. The monoisotopic (exact) mass is 649 g/mol. The van der Waals surface area contributed by atoms with Crippen LogP contribution in [0.4, 0.5) is 16.2 Å². The first kappa shape index (κ1) is 34.0. The normalized spacial score (nSPS) is 15.4. The van der Waals surface area contributed by atoms with E-state index in [0.29, 0.717) is 51.5 Å². The third-order valence-electron chi connectivity index (χ3n) is 7.86. The van der Waals surface area contributed by atoms with Gasteiger partial charge in [-0.1, -0.05) is 29.8 Å². The number of rotatable bonds is 8. The number of amides is 3. The summed E-state index contributed by atoms with van der Waals surface area (Å²) in [6, 6.07) is 15.8. The molecule has 2 N–H and O–H groups in total. The Morgan fingerprint density at radius 1 is 0.978 bits per heavy atom. The zero-order valence-corrected chi connectivity index (χ0v) is 27.0. The fourth-order valence-corrected chi connectivity index (χ4v) is 5.89. The molecule has 0 radical (unpaired) electrons. The van der Waals surface area contributed by atoms with Gasteiger partial charge in [-0.05, 0) is 85.8 Å². The van der Waals surface area contributed by atoms with Gasteiger partial charge in [0.2, 0.25) is 6.29 Å². The standard InChI is InChI=1S/C34H36ClN3O8/c1-19-9-6-7-10-25(19)31(40)36-24-13-14-26(20(2)17-24)32(41)38-16-8-11-27(28-18-23(35)12-15-29(28)38)30(33(42)43)37(5)34(44)46-22(4)45-21(3)39/h6-7,9-10,12-15,17-18,22,27,30H,8,11,16H2,1-5H3,(H,36,40)(H,42,43). The van der Waals surface area contributed by atoms with E-state index in [1.165, 1.54) is 14.0 Å². The van der Waals surface area contributed by atoms with E-state index in [1.807, 2.05) is 19.1 Å². The highest BCUT2D eigenvalue weighted by atomic mass is 35.5. The first-order chi connectivity index (χ1) is 21.8. The van der Waals surface area contributed by atoms with Gasteiger partial charge >= 0.3 is 18.0 Å². The van der Waals surface area contributed by atoms with Crippen LogP contribution in [0.5, 0.6) is 0 Å². The zero-order chi connectivity index (χ0) is 33.7. The van der Waals surface area contributed by atoms with Gasteiger partial charge in [0.05, 0.1) is 0 Å². The molecule has 0 saturated heterocycles. The van der Waals surface area contributed by atoms with Crippen molar-refractivity contribution in [2.75, 3.05) is 23.8 Å². The molecule has 12 heteroatoms. The molecule has 0 aromatic heterocycles. The molecule has 242 valence electrons. The molecule has 3 atom stereocenters. The number of hydrogen-bond acceptors (Lipinski definition) is 7. The summed E-state index contributed by atoms with van der Waals surface area (Å²) < 4.78 is 10.0. The summed E-state index contributed by atoms with van der Waals surface area (Å²) in [6.07, 6.45) is -1.49. The van der Waals surface area contributed by atoms with Crippen molar-refractivity contribution >= 4 is 52.8 Å². The predicted molar refractivity (Wildman–Crippen MR) is 172 cm³/mol. The van der Waals surface area contributed by atoms with Crippen molar-refractivity contribution < 1.29 is 38.6 Å². The molecule has 46 heavy (non-hydrogen) atoms. The average Bonchev–Trinajstić information content (AvgIpc) is 3.16. The lowest BCUT2D eigenvalue weighted by Crippen LogP contribution is -2.47. The number of aryl methyl sites for hydroxylation is 2. The highest BCUT2D eigenvalue weighted by Crippen LogP contribution is 2.40. The molecule has 3 aromatic rings. The van der Waals surface area contributed by atoms with Crippen LogP contribution in [-0.4, -0.2) is 65.8 Å². The number of carbonyl (C=O) groups excluding carboxylic acids is 4. The van der Waals surface area contributed by atoms with E-state index in [9.17, 15) is 29.1 Å². The molecular weight excluding hydrogens is 614 g/mol. The van der Waals surface area contributed by atoms with Crippen molar-refractivity contribution in [1.82, 2.24) is 4.90 Å². The maximum atomic E-state index is 14.0. The number of anilines is 2. The summed E-state index contributed by atoms with van der Waals surface area (Å²) in [5.41, 5.74) is 3.92. The van der Waals surface area contributed by atoms with E-state index < -0.39 is 36.3 Å². The van der Waals surface area contributed by atoms with Crippen molar-refractivity contribution in [2.24, 2.45) is 0 Å². The number of carboxylic acids is 1. The highest BCUT2D eigenvalue weighted by Gasteiger charge is 2.40. The van der Waals surface area contributed by atoms with E-state index in [-0.39, 0.29) is 18.4 Å². The maximum absolute atomic E-state index is 14.0. The molecule has 4 rings (SSSR count). The number of carbonyl (C=O) groups is 5. The minimum Gasteiger partial charge on any atom is -0.480 e. The fraction of sp³-hybridized carbons (Fsp3) is 0.324. The van der Waals surface area contributed by atoms with Crippen molar-refractivity contribution in [2.45, 2.75) is 58.8 Å². The molecule has 1 aliphatic rings. The van der Waals surface area contributed by atoms with Crippen molar-refractivity contribution in [3.8, 4) is 0 Å². The van der Waals surface area contributed by atoms with Gasteiger partial charge in [-0.2, -0.15) is 0 Å². The molecule has 1 aliphatic heterocycles. The van der Waals surface area contributed by atoms with E-state index >= 15 is 0 Å². The van der Waals surface area contributed by atoms with Crippen LogP contribution in [0.15, 0.2) is 60.7 Å². The highest BCUT2D eigenvalue weighted by molar-refractivity contribution is 6.30. The molecule has 0 spiro atoms. The topological polar surface area (TPSA) is 143 Å². The van der Waals surface area contributed by atoms with Gasteiger partial charge < -0.3 is 24.8 Å². The average molecular weight is 650 g/mol. The summed E-state index contributed by atoms with van der Waals surface area (Å²) in [5.74, 6) is -3.27. The smallest absolute Gasteiger partial charge is 0.413 e. The molecule has 1 heterocycles. The number of ether oxygens (including phenoxy) is 2. The van der Waals surface area contributed by atoms with Crippen LogP contribution in [0.2, 0.25) is 5.02 Å². The molecule has 3 amide bonds. The number of fused-ring (bicyclic) bond motifs is 1. The lowest BCUT2D eigenvalue weighted by atomic mass is 9.86. The number of nitrogens with zero attached hydrogens (tertiary/aromatic N) is 2. The Bertz CT molecular complexity index is 1680. The van der Waals surface area contributed by atoms with Gasteiger partial charge in [0, 0.05) is 60.9 Å². The van der Waals surface area contributed by atoms with E-state index in [4.69, 9.17) is 21.1 Å². The third-order valence-corrected chi connectivity index (χ3v) is 8.10. The molecule has 0 fully saturated rings. The number of halogens is 1. The van der Waals surface area contributed by atoms with Crippen LogP contribution < -0.4 is 10.2 Å². The first-order valence-electron chi connectivity index (χ1n) is 14.7. The third kappa shape index (κ3) is 7.66. The Morgan fingerprint density at radius 2 is 1.70 bits per heavy atom. The molecule has 11 nitrogen and oxygen atoms in total. The fourth-order valence-electron chi connectivity index (χ4n) is 5.71. The summed E-state index contributed by atoms with van der Waals surface area (Å²) in [6.45, 7) is 6.41. The number of nitrogens with one attached hydrogen (secondary N) is 1. The Hall–Kier alpha value is -4.90. The Balaban J connectivity index is 1.62.